The molecule has 3 rings (SSSR count). The van der Waals surface area contributed by atoms with Gasteiger partial charge in [-0.3, -0.25) is 14.5 Å². The minimum absolute atomic E-state index is 0.0369. The molecule has 2 N–H and O–H groups in total. The Morgan fingerprint density at radius 1 is 1.14 bits per heavy atom. The Morgan fingerprint density at radius 2 is 1.89 bits per heavy atom. The van der Waals surface area contributed by atoms with Gasteiger partial charge in [-0.25, -0.2) is 0 Å². The molecule has 1 fully saturated rings. The monoisotopic (exact) mass is 403 g/mol. The predicted molar refractivity (Wildman–Crippen MR) is 107 cm³/mol. The van der Waals surface area contributed by atoms with Crippen LogP contribution in [0, 0.1) is 0 Å². The average Bonchev–Trinajstić information content (AvgIpc) is 3.27. The molecule has 0 radical (unpaired) electrons. The normalized spacial score (nSPS) is 15.6. The van der Waals surface area contributed by atoms with Gasteiger partial charge in [0.1, 0.15) is 5.75 Å². The fourth-order valence-corrected chi connectivity index (χ4v) is 4.01. The molecule has 1 aromatic heterocycles. The fourth-order valence-electron chi connectivity index (χ4n) is 3.15. The lowest BCUT2D eigenvalue weighted by Crippen LogP contribution is -2.46. The summed E-state index contributed by atoms with van der Waals surface area (Å²) < 4.78 is 10.7. The summed E-state index contributed by atoms with van der Waals surface area (Å²) in [7, 11) is 1.57. The Kier molecular flexibility index (Phi) is 7.41. The van der Waals surface area contributed by atoms with Gasteiger partial charge < -0.3 is 20.1 Å². The summed E-state index contributed by atoms with van der Waals surface area (Å²) >= 11 is 1.65. The lowest BCUT2D eigenvalue weighted by Gasteiger charge is -2.34. The van der Waals surface area contributed by atoms with Crippen LogP contribution in [0.1, 0.15) is 16.5 Å². The maximum absolute atomic E-state index is 12.3. The second-order valence-corrected chi connectivity index (χ2v) is 7.36. The van der Waals surface area contributed by atoms with Crippen LogP contribution in [0.15, 0.2) is 41.8 Å². The number of benzene rings is 1. The van der Waals surface area contributed by atoms with Gasteiger partial charge in [0.05, 0.1) is 26.4 Å². The first-order valence-corrected chi connectivity index (χ1v) is 10.1. The van der Waals surface area contributed by atoms with Gasteiger partial charge in [0.15, 0.2) is 0 Å². The van der Waals surface area contributed by atoms with Crippen molar-refractivity contribution in [1.82, 2.24) is 15.5 Å². The molecule has 1 unspecified atom stereocenters. The van der Waals surface area contributed by atoms with Crippen molar-refractivity contribution in [3.05, 3.63) is 52.2 Å². The van der Waals surface area contributed by atoms with Crippen molar-refractivity contribution in [3.63, 3.8) is 0 Å². The van der Waals surface area contributed by atoms with Crippen molar-refractivity contribution in [2.24, 2.45) is 0 Å². The lowest BCUT2D eigenvalue weighted by atomic mass is 10.2. The highest BCUT2D eigenvalue weighted by atomic mass is 32.1. The van der Waals surface area contributed by atoms with Crippen molar-refractivity contribution < 1.29 is 19.1 Å². The zero-order chi connectivity index (χ0) is 19.8. The van der Waals surface area contributed by atoms with Crippen LogP contribution in [0.2, 0.25) is 0 Å². The standard InChI is InChI=1S/C20H25N3O4S/c1-26-17-6-3-2-5-15(17)13-21-19(24)20(25)22-14-16(18-7-4-12-28-18)23-8-10-27-11-9-23/h2-7,12,16H,8-11,13-14H2,1H3,(H,21,24)(H,22,25). The molecule has 7 nitrogen and oxygen atoms in total. The Bertz CT molecular complexity index is 776. The van der Waals surface area contributed by atoms with Crippen molar-refractivity contribution in [1.29, 1.82) is 0 Å². The molecule has 0 saturated carbocycles. The molecule has 2 amide bonds. The molecule has 1 saturated heterocycles. The van der Waals surface area contributed by atoms with E-state index in [2.05, 4.69) is 21.6 Å². The Balaban J connectivity index is 1.54. The number of morpholine rings is 1. The van der Waals surface area contributed by atoms with Crippen molar-refractivity contribution in [2.75, 3.05) is 40.0 Å². The van der Waals surface area contributed by atoms with E-state index in [0.29, 0.717) is 25.5 Å². The molecule has 1 aromatic carbocycles. The SMILES string of the molecule is COc1ccccc1CNC(=O)C(=O)NCC(c1cccs1)N1CCOCC1. The minimum atomic E-state index is -0.655. The topological polar surface area (TPSA) is 79.9 Å². The first-order valence-electron chi connectivity index (χ1n) is 9.22. The Morgan fingerprint density at radius 3 is 2.61 bits per heavy atom. The molecule has 2 aromatic rings. The van der Waals surface area contributed by atoms with E-state index in [-0.39, 0.29) is 12.6 Å². The summed E-state index contributed by atoms with van der Waals surface area (Å²) in [5.74, 6) is -0.615. The number of nitrogens with zero attached hydrogens (tertiary/aromatic N) is 1. The van der Waals surface area contributed by atoms with Crippen molar-refractivity contribution in [2.45, 2.75) is 12.6 Å². The lowest BCUT2D eigenvalue weighted by molar-refractivity contribution is -0.139. The number of methoxy groups -OCH3 is 1. The van der Waals surface area contributed by atoms with Crippen LogP contribution in [0.25, 0.3) is 0 Å². The number of carbonyl (C=O) groups is 2. The van der Waals surface area contributed by atoms with Crippen LogP contribution >= 0.6 is 11.3 Å². The van der Waals surface area contributed by atoms with Gasteiger partial charge >= 0.3 is 11.8 Å². The first kappa shape index (κ1) is 20.3. The zero-order valence-corrected chi connectivity index (χ0v) is 16.7. The second kappa shape index (κ2) is 10.2. The number of rotatable bonds is 7. The highest BCUT2D eigenvalue weighted by Crippen LogP contribution is 2.25. The Labute approximate surface area is 168 Å². The molecular formula is C20H25N3O4S. The van der Waals surface area contributed by atoms with Crippen LogP contribution in [0.5, 0.6) is 5.75 Å². The highest BCUT2D eigenvalue weighted by Gasteiger charge is 2.25. The van der Waals surface area contributed by atoms with E-state index in [1.807, 2.05) is 35.7 Å². The largest absolute Gasteiger partial charge is 0.496 e. The van der Waals surface area contributed by atoms with E-state index in [1.54, 1.807) is 18.4 Å². The minimum Gasteiger partial charge on any atom is -0.496 e. The van der Waals surface area contributed by atoms with E-state index in [4.69, 9.17) is 9.47 Å². The second-order valence-electron chi connectivity index (χ2n) is 6.38. The summed E-state index contributed by atoms with van der Waals surface area (Å²) in [5.41, 5.74) is 0.816. The van der Waals surface area contributed by atoms with Crippen LogP contribution in [-0.2, 0) is 20.9 Å². The van der Waals surface area contributed by atoms with Gasteiger partial charge in [0.25, 0.3) is 0 Å². The summed E-state index contributed by atoms with van der Waals surface area (Å²) in [6.45, 7) is 3.57. The van der Waals surface area contributed by atoms with Crippen LogP contribution in [0.3, 0.4) is 0 Å². The quantitative estimate of drug-likeness (QED) is 0.686. The molecule has 0 spiro atoms. The number of carbonyl (C=O) groups excluding carboxylic acids is 2. The van der Waals surface area contributed by atoms with Crippen LogP contribution in [-0.4, -0.2) is 56.7 Å². The van der Waals surface area contributed by atoms with Gasteiger partial charge in [-0.15, -0.1) is 11.3 Å². The number of hydrogen-bond donors (Lipinski definition) is 2. The van der Waals surface area contributed by atoms with Gasteiger partial charge in [0.2, 0.25) is 0 Å². The van der Waals surface area contributed by atoms with Crippen molar-refractivity contribution in [3.8, 4) is 5.75 Å². The van der Waals surface area contributed by atoms with Crippen LogP contribution in [0.4, 0.5) is 0 Å². The average molecular weight is 404 g/mol. The summed E-state index contributed by atoms with van der Waals surface area (Å²) in [5, 5.41) is 7.44. The van der Waals surface area contributed by atoms with E-state index in [0.717, 1.165) is 23.5 Å². The first-order chi connectivity index (χ1) is 13.7. The third-order valence-electron chi connectivity index (χ3n) is 4.65. The molecule has 1 aliphatic rings. The number of para-hydroxylation sites is 1. The fraction of sp³-hybridized carbons (Fsp3) is 0.400. The number of thiophene rings is 1. The zero-order valence-electron chi connectivity index (χ0n) is 15.8. The number of ether oxygens (including phenoxy) is 2. The molecule has 150 valence electrons. The predicted octanol–water partition coefficient (Wildman–Crippen LogP) is 1.56. The third-order valence-corrected chi connectivity index (χ3v) is 5.63. The van der Waals surface area contributed by atoms with Gasteiger partial charge in [-0.2, -0.15) is 0 Å². The summed E-state index contributed by atoms with van der Waals surface area (Å²) in [6, 6.07) is 11.5. The molecule has 0 aliphatic carbocycles. The smallest absolute Gasteiger partial charge is 0.309 e. The highest BCUT2D eigenvalue weighted by molar-refractivity contribution is 7.10. The number of hydrogen-bond acceptors (Lipinski definition) is 6. The third kappa shape index (κ3) is 5.31. The Hall–Kier alpha value is -2.42. The summed E-state index contributed by atoms with van der Waals surface area (Å²) in [6.07, 6.45) is 0. The maximum Gasteiger partial charge on any atom is 0.309 e. The number of nitrogens with one attached hydrogen (secondary N) is 2. The van der Waals surface area contributed by atoms with E-state index >= 15 is 0 Å². The van der Waals surface area contributed by atoms with Gasteiger partial charge in [0, 0.05) is 36.6 Å². The van der Waals surface area contributed by atoms with E-state index in [1.165, 1.54) is 0 Å². The maximum atomic E-state index is 12.3. The van der Waals surface area contributed by atoms with Crippen LogP contribution < -0.4 is 15.4 Å². The molecular weight excluding hydrogens is 378 g/mol. The van der Waals surface area contributed by atoms with Gasteiger partial charge in [-0.05, 0) is 17.5 Å². The molecule has 28 heavy (non-hydrogen) atoms. The molecule has 8 heteroatoms. The number of amides is 2. The van der Waals surface area contributed by atoms with E-state index in [9.17, 15) is 9.59 Å². The molecule has 0 bridgehead atoms. The van der Waals surface area contributed by atoms with Crippen molar-refractivity contribution >= 4 is 23.2 Å². The summed E-state index contributed by atoms with van der Waals surface area (Å²) in [4.78, 5) is 27.9. The molecule has 2 heterocycles. The molecule has 1 aliphatic heterocycles. The van der Waals surface area contributed by atoms with E-state index < -0.39 is 11.8 Å². The molecule has 1 atom stereocenters. The van der Waals surface area contributed by atoms with Gasteiger partial charge in [-0.1, -0.05) is 24.3 Å².